The highest BCUT2D eigenvalue weighted by Gasteiger charge is 2.30. The number of hydrogen-bond donors (Lipinski definition) is 2. The van der Waals surface area contributed by atoms with Crippen LogP contribution < -0.4 is 11.1 Å². The lowest BCUT2D eigenvalue weighted by Gasteiger charge is -2.19. The van der Waals surface area contributed by atoms with Crippen LogP contribution in [0.3, 0.4) is 0 Å². The van der Waals surface area contributed by atoms with Crippen molar-refractivity contribution >= 4 is 34.2 Å². The summed E-state index contributed by atoms with van der Waals surface area (Å²) in [5, 5.41) is 2.84. The Labute approximate surface area is 155 Å². The van der Waals surface area contributed by atoms with E-state index in [-0.39, 0.29) is 29.1 Å². The molecule has 0 aliphatic carbocycles. The molecule has 1 amide bonds. The number of amides is 1. The summed E-state index contributed by atoms with van der Waals surface area (Å²) in [6.45, 7) is 3.63. The standard InChI is InChI=1S/C16H24N4O3S.ClH/c1-12(10-17)11-18-15(21)8-5-9-20(2)16-13-6-3-4-7-14(13)24(22,23)19-16;/h3-4,6-7,12H,5,8-11,17H2,1-2H3,(H,18,21);1H. The first-order valence-electron chi connectivity index (χ1n) is 7.97. The first-order chi connectivity index (χ1) is 11.3. The summed E-state index contributed by atoms with van der Waals surface area (Å²) in [7, 11) is -1.82. The van der Waals surface area contributed by atoms with Crippen molar-refractivity contribution in [3.8, 4) is 0 Å². The van der Waals surface area contributed by atoms with Crippen LogP contribution in [0.1, 0.15) is 25.3 Å². The van der Waals surface area contributed by atoms with Gasteiger partial charge in [-0.15, -0.1) is 16.8 Å². The molecule has 9 heteroatoms. The van der Waals surface area contributed by atoms with Gasteiger partial charge in [0.1, 0.15) is 10.7 Å². The summed E-state index contributed by atoms with van der Waals surface area (Å²) < 4.78 is 27.9. The van der Waals surface area contributed by atoms with Gasteiger partial charge in [0.2, 0.25) is 5.91 Å². The molecule has 0 bridgehead atoms. The van der Waals surface area contributed by atoms with Crippen molar-refractivity contribution in [3.63, 3.8) is 0 Å². The van der Waals surface area contributed by atoms with E-state index in [1.807, 2.05) is 6.92 Å². The molecule has 0 radical (unpaired) electrons. The van der Waals surface area contributed by atoms with E-state index in [2.05, 4.69) is 9.71 Å². The van der Waals surface area contributed by atoms with Gasteiger partial charge < -0.3 is 16.0 Å². The van der Waals surface area contributed by atoms with Gasteiger partial charge in [-0.3, -0.25) is 4.79 Å². The Kier molecular flexibility index (Phi) is 7.85. The zero-order chi connectivity index (χ0) is 17.7. The fourth-order valence-corrected chi connectivity index (χ4v) is 3.66. The smallest absolute Gasteiger partial charge is 0.285 e. The van der Waals surface area contributed by atoms with Gasteiger partial charge in [0.25, 0.3) is 10.0 Å². The Morgan fingerprint density at radius 3 is 2.72 bits per heavy atom. The Balaban J connectivity index is 0.00000312. The molecule has 1 aliphatic heterocycles. The first kappa shape index (κ1) is 21.4. The lowest BCUT2D eigenvalue weighted by Crippen LogP contribution is -2.32. The second kappa shape index (κ2) is 9.17. The highest BCUT2D eigenvalue weighted by Crippen LogP contribution is 2.26. The second-order valence-corrected chi connectivity index (χ2v) is 7.63. The Morgan fingerprint density at radius 1 is 1.36 bits per heavy atom. The third-order valence-electron chi connectivity index (χ3n) is 3.92. The topological polar surface area (TPSA) is 105 Å². The summed E-state index contributed by atoms with van der Waals surface area (Å²) in [4.78, 5) is 13.8. The van der Waals surface area contributed by atoms with Crippen LogP contribution >= 0.6 is 12.4 Å². The summed E-state index contributed by atoms with van der Waals surface area (Å²) >= 11 is 0. The molecule has 1 aliphatic rings. The van der Waals surface area contributed by atoms with Crippen LogP contribution in [0.2, 0.25) is 0 Å². The molecule has 1 unspecified atom stereocenters. The normalized spacial score (nSPS) is 15.6. The molecule has 1 aromatic rings. The number of amidine groups is 1. The van der Waals surface area contributed by atoms with Gasteiger partial charge in [-0.05, 0) is 31.0 Å². The third kappa shape index (κ3) is 5.42. The van der Waals surface area contributed by atoms with Crippen molar-refractivity contribution in [2.75, 3.05) is 26.7 Å². The van der Waals surface area contributed by atoms with Crippen LogP contribution in [0.5, 0.6) is 0 Å². The van der Waals surface area contributed by atoms with E-state index in [1.165, 1.54) is 0 Å². The molecule has 1 heterocycles. The number of fused-ring (bicyclic) bond motifs is 1. The number of carbonyl (C=O) groups is 1. The van der Waals surface area contributed by atoms with Crippen LogP contribution in [-0.2, 0) is 14.8 Å². The molecule has 0 spiro atoms. The maximum absolute atomic E-state index is 12.0. The lowest BCUT2D eigenvalue weighted by molar-refractivity contribution is -0.121. The number of nitrogens with one attached hydrogen (secondary N) is 1. The Bertz CT molecular complexity index is 737. The monoisotopic (exact) mass is 388 g/mol. The Morgan fingerprint density at radius 2 is 2.04 bits per heavy atom. The van der Waals surface area contributed by atoms with E-state index in [1.54, 1.807) is 36.2 Å². The molecule has 1 aromatic carbocycles. The van der Waals surface area contributed by atoms with E-state index in [4.69, 9.17) is 5.73 Å². The molecule has 3 N–H and O–H groups in total. The van der Waals surface area contributed by atoms with E-state index in [9.17, 15) is 13.2 Å². The first-order valence-corrected chi connectivity index (χ1v) is 9.41. The summed E-state index contributed by atoms with van der Waals surface area (Å²) in [5.41, 5.74) is 6.12. The molecule has 0 aromatic heterocycles. The molecular formula is C16H25ClN4O3S. The van der Waals surface area contributed by atoms with Gasteiger partial charge in [0.15, 0.2) is 0 Å². The molecule has 0 fully saturated rings. The van der Waals surface area contributed by atoms with Crippen LogP contribution in [-0.4, -0.2) is 51.7 Å². The SMILES string of the molecule is CC(CN)CNC(=O)CCCN(C)C1=NS(=O)(=O)c2ccccc21.Cl. The highest BCUT2D eigenvalue weighted by atomic mass is 35.5. The summed E-state index contributed by atoms with van der Waals surface area (Å²) in [6.07, 6.45) is 0.990. The van der Waals surface area contributed by atoms with Crippen molar-refractivity contribution < 1.29 is 13.2 Å². The number of sulfonamides is 1. The summed E-state index contributed by atoms with van der Waals surface area (Å²) in [5.74, 6) is 0.666. The molecule has 0 saturated heterocycles. The van der Waals surface area contributed by atoms with Crippen LogP contribution in [0.15, 0.2) is 33.6 Å². The average molecular weight is 389 g/mol. The van der Waals surface area contributed by atoms with E-state index in [0.29, 0.717) is 43.9 Å². The van der Waals surface area contributed by atoms with Crippen LogP contribution in [0.25, 0.3) is 0 Å². The molecule has 25 heavy (non-hydrogen) atoms. The molecule has 2 rings (SSSR count). The quantitative estimate of drug-likeness (QED) is 0.724. The summed E-state index contributed by atoms with van der Waals surface area (Å²) in [6, 6.07) is 6.77. The maximum atomic E-state index is 12.0. The Hall–Kier alpha value is -1.64. The maximum Gasteiger partial charge on any atom is 0.285 e. The zero-order valence-corrected chi connectivity index (χ0v) is 16.1. The largest absolute Gasteiger partial charge is 0.358 e. The number of benzene rings is 1. The highest BCUT2D eigenvalue weighted by molar-refractivity contribution is 7.90. The minimum Gasteiger partial charge on any atom is -0.358 e. The van der Waals surface area contributed by atoms with Crippen molar-refractivity contribution in [3.05, 3.63) is 29.8 Å². The van der Waals surface area contributed by atoms with Gasteiger partial charge >= 0.3 is 0 Å². The fraction of sp³-hybridized carbons (Fsp3) is 0.500. The van der Waals surface area contributed by atoms with E-state index in [0.717, 1.165) is 0 Å². The minimum atomic E-state index is -3.61. The molecule has 0 saturated carbocycles. The number of hydrogen-bond acceptors (Lipinski definition) is 5. The van der Waals surface area contributed by atoms with Crippen molar-refractivity contribution in [2.45, 2.75) is 24.7 Å². The van der Waals surface area contributed by atoms with E-state index >= 15 is 0 Å². The molecular weight excluding hydrogens is 364 g/mol. The molecule has 7 nitrogen and oxygen atoms in total. The van der Waals surface area contributed by atoms with Crippen molar-refractivity contribution in [1.29, 1.82) is 0 Å². The van der Waals surface area contributed by atoms with Gasteiger partial charge in [-0.25, -0.2) is 0 Å². The van der Waals surface area contributed by atoms with Gasteiger partial charge in [0, 0.05) is 32.1 Å². The van der Waals surface area contributed by atoms with Crippen molar-refractivity contribution in [2.24, 2.45) is 16.0 Å². The molecule has 1 atom stereocenters. The third-order valence-corrected chi connectivity index (χ3v) is 5.25. The predicted octanol–water partition coefficient (Wildman–Crippen LogP) is 0.980. The zero-order valence-electron chi connectivity index (χ0n) is 14.4. The van der Waals surface area contributed by atoms with Gasteiger partial charge in [0.05, 0.1) is 0 Å². The number of carbonyl (C=O) groups excluding carboxylic acids is 1. The number of nitrogens with two attached hydrogens (primary N) is 1. The van der Waals surface area contributed by atoms with Crippen LogP contribution in [0.4, 0.5) is 0 Å². The average Bonchev–Trinajstić information content (AvgIpc) is 2.84. The van der Waals surface area contributed by atoms with Gasteiger partial charge in [-0.1, -0.05) is 19.1 Å². The minimum absolute atomic E-state index is 0. The lowest BCUT2D eigenvalue weighted by atomic mass is 10.1. The number of nitrogens with zero attached hydrogens (tertiary/aromatic N) is 2. The van der Waals surface area contributed by atoms with Crippen LogP contribution in [0, 0.1) is 5.92 Å². The number of rotatable bonds is 7. The number of halogens is 1. The second-order valence-electron chi connectivity index (χ2n) is 6.06. The predicted molar refractivity (Wildman–Crippen MR) is 101 cm³/mol. The van der Waals surface area contributed by atoms with E-state index < -0.39 is 10.0 Å². The fourth-order valence-electron chi connectivity index (χ4n) is 2.41. The molecule has 140 valence electrons. The van der Waals surface area contributed by atoms with Crippen molar-refractivity contribution in [1.82, 2.24) is 10.2 Å². The van der Waals surface area contributed by atoms with Gasteiger partial charge in [-0.2, -0.15) is 8.42 Å².